The standard InChI is InChI=1S/C22H26N4O/c1-16(2)26(15-18-10-6-5-7-11-18)22-23-17(3)14-21(25-22)24-19-12-8-9-13-20(19)27-4/h5-14,16H,15H2,1-4H3,(H,23,24,25). The van der Waals surface area contributed by atoms with Gasteiger partial charge in [0.25, 0.3) is 0 Å². The van der Waals surface area contributed by atoms with Gasteiger partial charge in [0.05, 0.1) is 12.8 Å². The third-order valence-electron chi connectivity index (χ3n) is 4.29. The molecule has 2 aromatic carbocycles. The van der Waals surface area contributed by atoms with Gasteiger partial charge >= 0.3 is 0 Å². The van der Waals surface area contributed by atoms with Crippen molar-refractivity contribution in [2.24, 2.45) is 0 Å². The lowest BCUT2D eigenvalue weighted by Gasteiger charge is -2.27. The summed E-state index contributed by atoms with van der Waals surface area (Å²) in [4.78, 5) is 11.7. The molecule has 1 N–H and O–H groups in total. The maximum atomic E-state index is 5.43. The van der Waals surface area contributed by atoms with Gasteiger partial charge in [0.15, 0.2) is 0 Å². The van der Waals surface area contributed by atoms with E-state index >= 15 is 0 Å². The summed E-state index contributed by atoms with van der Waals surface area (Å²) in [5.74, 6) is 2.24. The largest absolute Gasteiger partial charge is 0.495 e. The summed E-state index contributed by atoms with van der Waals surface area (Å²) >= 11 is 0. The summed E-state index contributed by atoms with van der Waals surface area (Å²) in [5.41, 5.74) is 3.02. The summed E-state index contributed by atoms with van der Waals surface area (Å²) in [6.07, 6.45) is 0. The van der Waals surface area contributed by atoms with Crippen LogP contribution in [-0.2, 0) is 6.54 Å². The topological polar surface area (TPSA) is 50.3 Å². The number of hydrogen-bond acceptors (Lipinski definition) is 5. The van der Waals surface area contributed by atoms with E-state index in [1.165, 1.54) is 5.56 Å². The molecule has 0 saturated carbocycles. The maximum absolute atomic E-state index is 5.43. The van der Waals surface area contributed by atoms with Gasteiger partial charge in [0.1, 0.15) is 11.6 Å². The number of aryl methyl sites for hydroxylation is 1. The monoisotopic (exact) mass is 362 g/mol. The molecule has 1 heterocycles. The number of methoxy groups -OCH3 is 1. The summed E-state index contributed by atoms with van der Waals surface area (Å²) in [6, 6.07) is 20.4. The van der Waals surface area contributed by atoms with Gasteiger partial charge in [-0.15, -0.1) is 0 Å². The van der Waals surface area contributed by atoms with E-state index in [0.29, 0.717) is 5.95 Å². The number of aromatic nitrogens is 2. The van der Waals surface area contributed by atoms with E-state index in [4.69, 9.17) is 9.72 Å². The van der Waals surface area contributed by atoms with Crippen molar-refractivity contribution in [3.05, 3.63) is 71.9 Å². The zero-order valence-electron chi connectivity index (χ0n) is 16.3. The molecule has 0 aliphatic heterocycles. The van der Waals surface area contributed by atoms with Gasteiger partial charge in [-0.2, -0.15) is 4.98 Å². The average molecular weight is 362 g/mol. The third kappa shape index (κ3) is 4.76. The molecule has 0 fully saturated rings. The van der Waals surface area contributed by atoms with Gasteiger partial charge in [-0.05, 0) is 38.5 Å². The van der Waals surface area contributed by atoms with Gasteiger partial charge in [-0.1, -0.05) is 42.5 Å². The molecular weight excluding hydrogens is 336 g/mol. The molecule has 0 saturated heterocycles. The van der Waals surface area contributed by atoms with Gasteiger partial charge in [-0.3, -0.25) is 0 Å². The lowest BCUT2D eigenvalue weighted by Crippen LogP contribution is -2.32. The SMILES string of the molecule is COc1ccccc1Nc1cc(C)nc(N(Cc2ccccc2)C(C)C)n1. The van der Waals surface area contributed by atoms with Crippen molar-refractivity contribution in [3.8, 4) is 5.75 Å². The number of ether oxygens (including phenoxy) is 1. The van der Waals surface area contributed by atoms with E-state index in [-0.39, 0.29) is 6.04 Å². The Labute approximate surface area is 161 Å². The summed E-state index contributed by atoms with van der Waals surface area (Å²) in [7, 11) is 1.66. The molecule has 5 heteroatoms. The lowest BCUT2D eigenvalue weighted by atomic mass is 10.2. The van der Waals surface area contributed by atoms with Crippen molar-refractivity contribution in [1.82, 2.24) is 9.97 Å². The molecule has 0 amide bonds. The smallest absolute Gasteiger partial charge is 0.228 e. The van der Waals surface area contributed by atoms with E-state index in [1.54, 1.807) is 7.11 Å². The fraction of sp³-hybridized carbons (Fsp3) is 0.273. The van der Waals surface area contributed by atoms with Crippen LogP contribution in [0, 0.1) is 6.92 Å². The van der Waals surface area contributed by atoms with E-state index in [1.807, 2.05) is 43.3 Å². The zero-order valence-corrected chi connectivity index (χ0v) is 16.3. The average Bonchev–Trinajstić information content (AvgIpc) is 2.66. The minimum absolute atomic E-state index is 0.270. The molecule has 3 rings (SSSR count). The molecule has 0 aliphatic carbocycles. The minimum atomic E-state index is 0.270. The second kappa shape index (κ2) is 8.54. The van der Waals surface area contributed by atoms with E-state index < -0.39 is 0 Å². The summed E-state index contributed by atoms with van der Waals surface area (Å²) in [5, 5.41) is 3.36. The highest BCUT2D eigenvalue weighted by molar-refractivity contribution is 5.64. The highest BCUT2D eigenvalue weighted by atomic mass is 16.5. The van der Waals surface area contributed by atoms with E-state index in [9.17, 15) is 0 Å². The number of rotatable bonds is 7. The lowest BCUT2D eigenvalue weighted by molar-refractivity contribution is 0.417. The fourth-order valence-electron chi connectivity index (χ4n) is 2.90. The van der Waals surface area contributed by atoms with Crippen molar-refractivity contribution >= 4 is 17.5 Å². The molecule has 0 unspecified atom stereocenters. The highest BCUT2D eigenvalue weighted by Crippen LogP contribution is 2.27. The number of nitrogens with zero attached hydrogens (tertiary/aromatic N) is 3. The molecule has 0 spiro atoms. The zero-order chi connectivity index (χ0) is 19.2. The predicted octanol–water partition coefficient (Wildman–Crippen LogP) is 4.95. The second-order valence-corrected chi connectivity index (χ2v) is 6.73. The first kappa shape index (κ1) is 18.7. The second-order valence-electron chi connectivity index (χ2n) is 6.73. The summed E-state index contributed by atoms with van der Waals surface area (Å²) < 4.78 is 5.43. The third-order valence-corrected chi connectivity index (χ3v) is 4.29. The molecule has 0 aliphatic rings. The molecule has 3 aromatic rings. The Hall–Kier alpha value is -3.08. The van der Waals surface area contributed by atoms with Crippen LogP contribution in [0.2, 0.25) is 0 Å². The molecule has 0 bridgehead atoms. The molecule has 1 aromatic heterocycles. The van der Waals surface area contributed by atoms with E-state index in [2.05, 4.69) is 53.3 Å². The Bertz CT molecular complexity index is 880. The van der Waals surface area contributed by atoms with Crippen molar-refractivity contribution in [2.45, 2.75) is 33.4 Å². The number of benzene rings is 2. The first-order chi connectivity index (χ1) is 13.1. The van der Waals surface area contributed by atoms with E-state index in [0.717, 1.165) is 29.5 Å². The van der Waals surface area contributed by atoms with Crippen LogP contribution >= 0.6 is 0 Å². The van der Waals surface area contributed by atoms with Crippen LogP contribution in [0.25, 0.3) is 0 Å². The Morgan fingerprint density at radius 3 is 2.41 bits per heavy atom. The van der Waals surface area contributed by atoms with Crippen LogP contribution in [-0.4, -0.2) is 23.1 Å². The van der Waals surface area contributed by atoms with Crippen LogP contribution < -0.4 is 15.0 Å². The van der Waals surface area contributed by atoms with Gasteiger partial charge < -0.3 is 15.0 Å². The highest BCUT2D eigenvalue weighted by Gasteiger charge is 2.16. The summed E-state index contributed by atoms with van der Waals surface area (Å²) in [6.45, 7) is 7.06. The molecular formula is C22H26N4O. The van der Waals surface area contributed by atoms with Crippen LogP contribution in [0.1, 0.15) is 25.1 Å². The van der Waals surface area contributed by atoms with Gasteiger partial charge in [0.2, 0.25) is 5.95 Å². The number of anilines is 3. The molecule has 140 valence electrons. The van der Waals surface area contributed by atoms with Crippen LogP contribution in [0.4, 0.5) is 17.5 Å². The molecule has 0 atom stereocenters. The normalized spacial score (nSPS) is 10.7. The van der Waals surface area contributed by atoms with Crippen LogP contribution in [0.15, 0.2) is 60.7 Å². The Kier molecular flexibility index (Phi) is 5.91. The maximum Gasteiger partial charge on any atom is 0.228 e. The van der Waals surface area contributed by atoms with Crippen molar-refractivity contribution in [3.63, 3.8) is 0 Å². The fourth-order valence-corrected chi connectivity index (χ4v) is 2.90. The quantitative estimate of drug-likeness (QED) is 0.644. The number of para-hydroxylation sites is 2. The first-order valence-corrected chi connectivity index (χ1v) is 9.13. The van der Waals surface area contributed by atoms with Crippen LogP contribution in [0.3, 0.4) is 0 Å². The van der Waals surface area contributed by atoms with Crippen molar-refractivity contribution in [2.75, 3.05) is 17.3 Å². The van der Waals surface area contributed by atoms with Gasteiger partial charge in [0, 0.05) is 24.3 Å². The van der Waals surface area contributed by atoms with Crippen molar-refractivity contribution < 1.29 is 4.74 Å². The Balaban J connectivity index is 1.91. The minimum Gasteiger partial charge on any atom is -0.495 e. The van der Waals surface area contributed by atoms with Crippen molar-refractivity contribution in [1.29, 1.82) is 0 Å². The number of nitrogens with one attached hydrogen (secondary N) is 1. The van der Waals surface area contributed by atoms with Crippen LogP contribution in [0.5, 0.6) is 5.75 Å². The Morgan fingerprint density at radius 1 is 1.00 bits per heavy atom. The van der Waals surface area contributed by atoms with Gasteiger partial charge in [-0.25, -0.2) is 4.98 Å². The molecule has 5 nitrogen and oxygen atoms in total. The first-order valence-electron chi connectivity index (χ1n) is 9.13. The Morgan fingerprint density at radius 2 is 1.70 bits per heavy atom. The molecule has 27 heavy (non-hydrogen) atoms. The predicted molar refractivity (Wildman–Crippen MR) is 111 cm³/mol. The number of hydrogen-bond donors (Lipinski definition) is 1. The molecule has 0 radical (unpaired) electrons.